The van der Waals surface area contributed by atoms with Crippen LogP contribution in [-0.2, 0) is 26.2 Å². The Bertz CT molecular complexity index is 1360. The second kappa shape index (κ2) is 8.11. The van der Waals surface area contributed by atoms with Gasteiger partial charge in [0.05, 0.1) is 11.2 Å². The summed E-state index contributed by atoms with van der Waals surface area (Å²) in [6.07, 6.45) is -0.744. The van der Waals surface area contributed by atoms with Crippen molar-refractivity contribution in [3.05, 3.63) is 82.2 Å². The molecule has 5 rings (SSSR count). The summed E-state index contributed by atoms with van der Waals surface area (Å²) in [6, 6.07) is 11.3. The highest BCUT2D eigenvalue weighted by molar-refractivity contribution is 5.87. The Morgan fingerprint density at radius 2 is 1.88 bits per heavy atom. The first-order valence-electron chi connectivity index (χ1n) is 9.90. The van der Waals surface area contributed by atoms with Gasteiger partial charge in [-0.1, -0.05) is 12.1 Å². The van der Waals surface area contributed by atoms with Crippen LogP contribution < -0.4 is 10.9 Å². The minimum atomic E-state index is -4.49. The number of aryl methyl sites for hydroxylation is 1. The van der Waals surface area contributed by atoms with E-state index in [0.717, 1.165) is 43.0 Å². The molecule has 32 heavy (non-hydrogen) atoms. The molecule has 0 radical (unpaired) electrons. The molecule has 0 saturated heterocycles. The van der Waals surface area contributed by atoms with Gasteiger partial charge in [-0.3, -0.25) is 14.3 Å². The quantitative estimate of drug-likeness (QED) is 0.480. The molecule has 9 heteroatoms. The number of pyridine rings is 2. The number of aromatic nitrogens is 3. The van der Waals surface area contributed by atoms with E-state index in [0.29, 0.717) is 11.1 Å². The number of hydrogen-bond acceptors (Lipinski definition) is 3. The molecule has 5 nitrogen and oxygen atoms in total. The fourth-order valence-electron chi connectivity index (χ4n) is 4.23. The van der Waals surface area contributed by atoms with Crippen LogP contribution >= 0.6 is 12.4 Å². The molecule has 4 heterocycles. The Balaban J connectivity index is 0.00000245. The fraction of sp³-hybridized carbons (Fsp3) is 0.217. The summed E-state index contributed by atoms with van der Waals surface area (Å²) in [5, 5.41) is 4.59. The van der Waals surface area contributed by atoms with Crippen LogP contribution in [0, 0.1) is 0 Å². The number of nitrogens with one attached hydrogen (secondary N) is 1. The van der Waals surface area contributed by atoms with Crippen molar-refractivity contribution < 1.29 is 13.2 Å². The lowest BCUT2D eigenvalue weighted by Gasteiger charge is -2.14. The molecule has 0 spiro atoms. The predicted molar refractivity (Wildman–Crippen MR) is 119 cm³/mol. The summed E-state index contributed by atoms with van der Waals surface area (Å²) >= 11 is 0. The van der Waals surface area contributed by atoms with E-state index in [1.807, 2.05) is 19.2 Å². The largest absolute Gasteiger partial charge is 0.433 e. The van der Waals surface area contributed by atoms with E-state index in [1.165, 1.54) is 33.3 Å². The summed E-state index contributed by atoms with van der Waals surface area (Å²) in [7, 11) is 2.03. The number of alkyl halides is 3. The summed E-state index contributed by atoms with van der Waals surface area (Å²) in [4.78, 5) is 16.3. The van der Waals surface area contributed by atoms with Crippen LogP contribution in [0.5, 0.6) is 0 Å². The van der Waals surface area contributed by atoms with Gasteiger partial charge in [0.15, 0.2) is 0 Å². The van der Waals surface area contributed by atoms with Crippen molar-refractivity contribution in [1.82, 2.24) is 19.4 Å². The summed E-state index contributed by atoms with van der Waals surface area (Å²) < 4.78 is 41.9. The van der Waals surface area contributed by atoms with Gasteiger partial charge in [-0.15, -0.1) is 12.4 Å². The zero-order chi connectivity index (χ0) is 21.8. The van der Waals surface area contributed by atoms with E-state index in [2.05, 4.69) is 20.9 Å². The van der Waals surface area contributed by atoms with Crippen LogP contribution in [0.3, 0.4) is 0 Å². The molecular weight excluding hydrogens is 441 g/mol. The molecule has 1 N–H and O–H groups in total. The molecule has 0 unspecified atom stereocenters. The first-order valence-corrected chi connectivity index (χ1v) is 9.90. The number of benzene rings is 1. The summed E-state index contributed by atoms with van der Waals surface area (Å²) in [5.74, 6) is 0. The van der Waals surface area contributed by atoms with E-state index in [9.17, 15) is 18.0 Å². The molecule has 166 valence electrons. The topological polar surface area (TPSA) is 51.9 Å². The molecule has 1 aromatic carbocycles. The van der Waals surface area contributed by atoms with E-state index in [1.54, 1.807) is 12.3 Å². The zero-order valence-electron chi connectivity index (χ0n) is 17.1. The van der Waals surface area contributed by atoms with Gasteiger partial charge < -0.3 is 9.88 Å². The molecule has 0 saturated carbocycles. The highest BCUT2D eigenvalue weighted by atomic mass is 35.5. The standard InChI is InChI=1S/C23H19F3N4O.ClH/c1-29-19-11-16(3-4-17(19)18-6-8-27-13-20(18)29)30-9-7-14(10-22(30)31)15-2-5-21(28-12-15)23(24,25)26;/h2-5,7,9-12,27H,6,8,13H2,1H3;1H. The highest BCUT2D eigenvalue weighted by Gasteiger charge is 2.32. The van der Waals surface area contributed by atoms with Gasteiger partial charge in [-0.25, -0.2) is 0 Å². The van der Waals surface area contributed by atoms with E-state index in [-0.39, 0.29) is 18.0 Å². The van der Waals surface area contributed by atoms with Gasteiger partial charge in [0, 0.05) is 48.7 Å². The molecule has 0 amide bonds. The molecule has 4 aromatic rings. The molecule has 1 aliphatic rings. The maximum Gasteiger partial charge on any atom is 0.433 e. The van der Waals surface area contributed by atoms with Crippen molar-refractivity contribution in [2.45, 2.75) is 19.1 Å². The van der Waals surface area contributed by atoms with Gasteiger partial charge in [-0.05, 0) is 48.4 Å². The van der Waals surface area contributed by atoms with E-state index in [4.69, 9.17) is 0 Å². The second-order valence-corrected chi connectivity index (χ2v) is 7.67. The van der Waals surface area contributed by atoms with E-state index >= 15 is 0 Å². The molecule has 1 aliphatic heterocycles. The average molecular weight is 461 g/mol. The molecule has 0 atom stereocenters. The van der Waals surface area contributed by atoms with Crippen molar-refractivity contribution in [3.63, 3.8) is 0 Å². The lowest BCUT2D eigenvalue weighted by Crippen LogP contribution is -2.24. The van der Waals surface area contributed by atoms with Crippen LogP contribution in [0.4, 0.5) is 13.2 Å². The third-order valence-corrected chi connectivity index (χ3v) is 5.85. The minimum absolute atomic E-state index is 0. The van der Waals surface area contributed by atoms with Crippen molar-refractivity contribution >= 4 is 23.3 Å². The molecule has 0 aliphatic carbocycles. The third-order valence-electron chi connectivity index (χ3n) is 5.85. The number of halogens is 4. The SMILES string of the molecule is Cl.Cn1c2c(c3ccc(-n4ccc(-c5ccc(C(F)(F)F)nc5)cc4=O)cc31)CCNC2. The molecular formula is C23H20ClF3N4O. The maximum absolute atomic E-state index is 12.8. The first-order chi connectivity index (χ1) is 14.8. The summed E-state index contributed by atoms with van der Waals surface area (Å²) in [6.45, 7) is 1.78. The lowest BCUT2D eigenvalue weighted by atomic mass is 10.0. The van der Waals surface area contributed by atoms with Crippen LogP contribution in [0.2, 0.25) is 0 Å². The van der Waals surface area contributed by atoms with E-state index < -0.39 is 11.9 Å². The van der Waals surface area contributed by atoms with Crippen LogP contribution in [0.15, 0.2) is 59.7 Å². The van der Waals surface area contributed by atoms with Crippen LogP contribution in [-0.4, -0.2) is 20.7 Å². The smallest absolute Gasteiger partial charge is 0.346 e. The van der Waals surface area contributed by atoms with Gasteiger partial charge in [-0.2, -0.15) is 13.2 Å². The first kappa shape index (κ1) is 22.1. The Morgan fingerprint density at radius 1 is 1.06 bits per heavy atom. The Morgan fingerprint density at radius 3 is 2.56 bits per heavy atom. The fourth-order valence-corrected chi connectivity index (χ4v) is 4.23. The third kappa shape index (κ3) is 3.69. The number of hydrogen-bond donors (Lipinski definition) is 1. The Labute approximate surface area is 187 Å². The van der Waals surface area contributed by atoms with Crippen LogP contribution in [0.25, 0.3) is 27.7 Å². The number of nitrogens with zero attached hydrogens (tertiary/aromatic N) is 3. The Hall–Kier alpha value is -3.10. The molecule has 0 fully saturated rings. The number of rotatable bonds is 2. The van der Waals surface area contributed by atoms with Crippen molar-refractivity contribution in [2.24, 2.45) is 7.05 Å². The second-order valence-electron chi connectivity index (χ2n) is 7.67. The monoisotopic (exact) mass is 460 g/mol. The molecule has 0 bridgehead atoms. The number of fused-ring (bicyclic) bond motifs is 3. The Kier molecular flexibility index (Phi) is 5.60. The highest BCUT2D eigenvalue weighted by Crippen LogP contribution is 2.30. The van der Waals surface area contributed by atoms with Gasteiger partial charge in [0.2, 0.25) is 0 Å². The van der Waals surface area contributed by atoms with Gasteiger partial charge in [0.1, 0.15) is 5.69 Å². The predicted octanol–water partition coefficient (Wildman–Crippen LogP) is 4.48. The average Bonchev–Trinajstić information content (AvgIpc) is 3.05. The van der Waals surface area contributed by atoms with Gasteiger partial charge in [0.25, 0.3) is 5.56 Å². The zero-order valence-corrected chi connectivity index (χ0v) is 17.9. The normalized spacial score (nSPS) is 13.6. The van der Waals surface area contributed by atoms with Crippen molar-refractivity contribution in [2.75, 3.05) is 6.54 Å². The summed E-state index contributed by atoms with van der Waals surface area (Å²) in [5.41, 5.74) is 4.15. The van der Waals surface area contributed by atoms with Crippen molar-refractivity contribution in [3.8, 4) is 16.8 Å². The van der Waals surface area contributed by atoms with Crippen molar-refractivity contribution in [1.29, 1.82) is 0 Å². The minimum Gasteiger partial charge on any atom is -0.346 e. The van der Waals surface area contributed by atoms with Gasteiger partial charge >= 0.3 is 6.18 Å². The molecule has 3 aromatic heterocycles. The van der Waals surface area contributed by atoms with Crippen LogP contribution in [0.1, 0.15) is 17.0 Å². The lowest BCUT2D eigenvalue weighted by molar-refractivity contribution is -0.141. The maximum atomic E-state index is 12.8.